The van der Waals surface area contributed by atoms with Crippen LogP contribution in [0.2, 0.25) is 0 Å². The summed E-state index contributed by atoms with van der Waals surface area (Å²) in [4.78, 5) is 12.1. The van der Waals surface area contributed by atoms with Gasteiger partial charge in [0.05, 0.1) is 5.56 Å². The first kappa shape index (κ1) is 12.2. The van der Waals surface area contributed by atoms with Crippen LogP contribution in [-0.2, 0) is 0 Å². The molecule has 0 bridgehead atoms. The molecule has 0 heterocycles. The second-order valence-electron chi connectivity index (χ2n) is 4.38. The Balaban J connectivity index is 2.00. The molecule has 1 N–H and O–H groups in total. The highest BCUT2D eigenvalue weighted by Crippen LogP contribution is 2.32. The monoisotopic (exact) mass is 264 g/mol. The van der Waals surface area contributed by atoms with Crippen molar-refractivity contribution in [1.82, 2.24) is 0 Å². The van der Waals surface area contributed by atoms with E-state index in [0.29, 0.717) is 22.1 Å². The van der Waals surface area contributed by atoms with Crippen LogP contribution in [0.4, 0.5) is 0 Å². The molecule has 0 amide bonds. The topological polar surface area (TPSA) is 46.5 Å². The number of carbonyl (C=O) groups is 1. The minimum absolute atomic E-state index is 0.167. The molecule has 20 heavy (non-hydrogen) atoms. The molecule has 0 aliphatic heterocycles. The summed E-state index contributed by atoms with van der Waals surface area (Å²) >= 11 is 0. The number of esters is 1. The number of hydrogen-bond donors (Lipinski definition) is 1. The quantitative estimate of drug-likeness (QED) is 0.566. The van der Waals surface area contributed by atoms with Gasteiger partial charge >= 0.3 is 5.97 Å². The van der Waals surface area contributed by atoms with Crippen LogP contribution in [0.1, 0.15) is 10.4 Å². The molecule has 0 fully saturated rings. The number of carbonyl (C=O) groups excluding carboxylic acids is 1. The van der Waals surface area contributed by atoms with Crippen LogP contribution in [0.15, 0.2) is 66.7 Å². The number of phenols is 1. The van der Waals surface area contributed by atoms with E-state index in [-0.39, 0.29) is 5.75 Å². The number of fused-ring (bicyclic) bond motifs is 1. The third kappa shape index (κ3) is 2.21. The highest BCUT2D eigenvalue weighted by molar-refractivity contribution is 5.97. The lowest BCUT2D eigenvalue weighted by molar-refractivity contribution is 0.0737. The first-order valence-electron chi connectivity index (χ1n) is 6.23. The van der Waals surface area contributed by atoms with E-state index in [0.717, 1.165) is 0 Å². The predicted octanol–water partition coefficient (Wildman–Crippen LogP) is 3.76. The average Bonchev–Trinajstić information content (AvgIpc) is 2.51. The fraction of sp³-hybridized carbons (Fsp3) is 0. The van der Waals surface area contributed by atoms with E-state index in [4.69, 9.17) is 4.74 Å². The van der Waals surface area contributed by atoms with Crippen molar-refractivity contribution in [3.05, 3.63) is 72.3 Å². The van der Waals surface area contributed by atoms with Gasteiger partial charge in [-0.25, -0.2) is 4.79 Å². The Kier molecular flexibility index (Phi) is 3.09. The number of rotatable bonds is 2. The van der Waals surface area contributed by atoms with Gasteiger partial charge in [-0.05, 0) is 24.3 Å². The maximum atomic E-state index is 12.1. The van der Waals surface area contributed by atoms with E-state index < -0.39 is 5.97 Å². The SMILES string of the molecule is O=C(Oc1ccc(O)c2ccccc12)c1ccccc1. The van der Waals surface area contributed by atoms with Crippen molar-refractivity contribution in [3.8, 4) is 11.5 Å². The summed E-state index contributed by atoms with van der Waals surface area (Å²) in [5.41, 5.74) is 0.490. The van der Waals surface area contributed by atoms with Gasteiger partial charge < -0.3 is 9.84 Å². The van der Waals surface area contributed by atoms with Crippen LogP contribution < -0.4 is 4.74 Å². The lowest BCUT2D eigenvalue weighted by atomic mass is 10.1. The molecular weight excluding hydrogens is 252 g/mol. The molecule has 3 aromatic carbocycles. The van der Waals surface area contributed by atoms with Crippen LogP contribution in [0.3, 0.4) is 0 Å². The highest BCUT2D eigenvalue weighted by atomic mass is 16.5. The summed E-state index contributed by atoms with van der Waals surface area (Å²) in [5, 5.41) is 11.2. The van der Waals surface area contributed by atoms with E-state index in [1.807, 2.05) is 24.3 Å². The van der Waals surface area contributed by atoms with Crippen LogP contribution in [0.5, 0.6) is 11.5 Å². The Labute approximate surface area is 116 Å². The molecule has 0 atom stereocenters. The number of aromatic hydroxyl groups is 1. The van der Waals surface area contributed by atoms with Crippen LogP contribution in [0.25, 0.3) is 10.8 Å². The van der Waals surface area contributed by atoms with Gasteiger partial charge in [0, 0.05) is 10.8 Å². The molecular formula is C17H12O3. The molecule has 3 nitrogen and oxygen atoms in total. The Morgan fingerprint density at radius 2 is 1.45 bits per heavy atom. The van der Waals surface area contributed by atoms with Crippen molar-refractivity contribution in [1.29, 1.82) is 0 Å². The Hall–Kier alpha value is -2.81. The van der Waals surface area contributed by atoms with Crippen molar-refractivity contribution >= 4 is 16.7 Å². The van der Waals surface area contributed by atoms with Gasteiger partial charge in [0.25, 0.3) is 0 Å². The highest BCUT2D eigenvalue weighted by Gasteiger charge is 2.11. The molecule has 0 saturated carbocycles. The zero-order valence-corrected chi connectivity index (χ0v) is 10.6. The summed E-state index contributed by atoms with van der Waals surface area (Å²) < 4.78 is 5.42. The van der Waals surface area contributed by atoms with Gasteiger partial charge in [0.2, 0.25) is 0 Å². The molecule has 3 aromatic rings. The molecule has 0 radical (unpaired) electrons. The molecule has 3 rings (SSSR count). The largest absolute Gasteiger partial charge is 0.507 e. The first-order chi connectivity index (χ1) is 9.75. The van der Waals surface area contributed by atoms with E-state index in [2.05, 4.69) is 0 Å². The summed E-state index contributed by atoms with van der Waals surface area (Å²) in [7, 11) is 0. The summed E-state index contributed by atoms with van der Waals surface area (Å²) in [6.07, 6.45) is 0. The van der Waals surface area contributed by atoms with Crippen LogP contribution in [0, 0.1) is 0 Å². The van der Waals surface area contributed by atoms with E-state index in [1.54, 1.807) is 36.4 Å². The van der Waals surface area contributed by atoms with E-state index in [9.17, 15) is 9.90 Å². The third-order valence-electron chi connectivity index (χ3n) is 3.07. The van der Waals surface area contributed by atoms with Crippen LogP contribution in [-0.4, -0.2) is 11.1 Å². The van der Waals surface area contributed by atoms with E-state index >= 15 is 0 Å². The fourth-order valence-electron chi connectivity index (χ4n) is 2.08. The molecule has 0 unspecified atom stereocenters. The maximum Gasteiger partial charge on any atom is 0.343 e. The van der Waals surface area contributed by atoms with Gasteiger partial charge in [0.1, 0.15) is 11.5 Å². The summed E-state index contributed by atoms with van der Waals surface area (Å²) in [6.45, 7) is 0. The Bertz CT molecular complexity index is 764. The predicted molar refractivity (Wildman–Crippen MR) is 77.0 cm³/mol. The fourth-order valence-corrected chi connectivity index (χ4v) is 2.08. The minimum Gasteiger partial charge on any atom is -0.507 e. The minimum atomic E-state index is -0.415. The smallest absolute Gasteiger partial charge is 0.343 e. The van der Waals surface area contributed by atoms with Crippen molar-refractivity contribution in [2.24, 2.45) is 0 Å². The maximum absolute atomic E-state index is 12.1. The van der Waals surface area contributed by atoms with Crippen molar-refractivity contribution in [2.45, 2.75) is 0 Å². The van der Waals surface area contributed by atoms with Crippen molar-refractivity contribution < 1.29 is 14.6 Å². The third-order valence-corrected chi connectivity index (χ3v) is 3.07. The van der Waals surface area contributed by atoms with Crippen LogP contribution >= 0.6 is 0 Å². The number of phenolic OH excluding ortho intramolecular Hbond substituents is 1. The zero-order chi connectivity index (χ0) is 13.9. The number of ether oxygens (including phenoxy) is 1. The normalized spacial score (nSPS) is 10.4. The lowest BCUT2D eigenvalue weighted by Crippen LogP contribution is -2.08. The number of hydrogen-bond acceptors (Lipinski definition) is 3. The average molecular weight is 264 g/mol. The molecule has 0 spiro atoms. The van der Waals surface area contributed by atoms with Gasteiger partial charge in [-0.1, -0.05) is 42.5 Å². The summed E-state index contributed by atoms with van der Waals surface area (Å²) in [6, 6.07) is 19.2. The Morgan fingerprint density at radius 1 is 0.800 bits per heavy atom. The molecule has 0 aromatic heterocycles. The zero-order valence-electron chi connectivity index (χ0n) is 10.6. The molecule has 98 valence electrons. The number of benzene rings is 3. The van der Waals surface area contributed by atoms with Crippen molar-refractivity contribution in [2.75, 3.05) is 0 Å². The van der Waals surface area contributed by atoms with Gasteiger partial charge in [-0.15, -0.1) is 0 Å². The second-order valence-corrected chi connectivity index (χ2v) is 4.38. The Morgan fingerprint density at radius 3 is 2.20 bits per heavy atom. The molecule has 0 aliphatic rings. The molecule has 0 saturated heterocycles. The first-order valence-corrected chi connectivity index (χ1v) is 6.23. The molecule has 0 aliphatic carbocycles. The van der Waals surface area contributed by atoms with Crippen molar-refractivity contribution in [3.63, 3.8) is 0 Å². The lowest BCUT2D eigenvalue weighted by Gasteiger charge is -2.08. The molecule has 3 heteroatoms. The van der Waals surface area contributed by atoms with Gasteiger partial charge in [-0.3, -0.25) is 0 Å². The van der Waals surface area contributed by atoms with Gasteiger partial charge in [-0.2, -0.15) is 0 Å². The summed E-state index contributed by atoms with van der Waals surface area (Å²) in [5.74, 6) is 0.189. The standard InChI is InChI=1S/C17H12O3/c18-15-10-11-16(14-9-5-4-8-13(14)15)20-17(19)12-6-2-1-3-7-12/h1-11,18H. The van der Waals surface area contributed by atoms with Gasteiger partial charge in [0.15, 0.2) is 0 Å². The van der Waals surface area contributed by atoms with E-state index in [1.165, 1.54) is 6.07 Å². The second kappa shape index (κ2) is 5.05.